The van der Waals surface area contributed by atoms with Crippen molar-refractivity contribution in [3.63, 3.8) is 0 Å². The van der Waals surface area contributed by atoms with Crippen molar-refractivity contribution in [1.29, 1.82) is 0 Å². The molecule has 0 aliphatic heterocycles. The average Bonchev–Trinajstić information content (AvgIpc) is 2.58. The lowest BCUT2D eigenvalue weighted by Gasteiger charge is -2.19. The van der Waals surface area contributed by atoms with Crippen LogP contribution in [-0.2, 0) is 6.42 Å². The van der Waals surface area contributed by atoms with Gasteiger partial charge in [-0.15, -0.1) is 0 Å². The molecule has 1 heterocycles. The Bertz CT molecular complexity index is 750. The first kappa shape index (κ1) is 17.8. The molecule has 1 aromatic heterocycles. The number of ether oxygens (including phenoxy) is 1. The molecule has 0 amide bonds. The number of hydrogen-bond acceptors (Lipinski definition) is 4. The maximum Gasteiger partial charge on any atom is 0.170 e. The summed E-state index contributed by atoms with van der Waals surface area (Å²) in [6.45, 7) is 8.33. The van der Waals surface area contributed by atoms with Crippen molar-refractivity contribution in [3.05, 3.63) is 57.9 Å². The van der Waals surface area contributed by atoms with Gasteiger partial charge in [-0.25, -0.2) is 0 Å². The first-order chi connectivity index (χ1) is 11.4. The van der Waals surface area contributed by atoms with Gasteiger partial charge < -0.3 is 15.7 Å². The van der Waals surface area contributed by atoms with E-state index in [9.17, 15) is 0 Å². The summed E-state index contributed by atoms with van der Waals surface area (Å²) in [5.41, 5.74) is 11.7. The van der Waals surface area contributed by atoms with Crippen molar-refractivity contribution >= 4 is 5.84 Å². The molecule has 0 radical (unpaired) electrons. The third-order valence-corrected chi connectivity index (χ3v) is 4.24. The summed E-state index contributed by atoms with van der Waals surface area (Å²) >= 11 is 0. The zero-order chi connectivity index (χ0) is 17.9. The summed E-state index contributed by atoms with van der Waals surface area (Å²) in [7, 11) is 1.71. The van der Waals surface area contributed by atoms with Crippen molar-refractivity contribution in [2.75, 3.05) is 7.11 Å². The quantitative estimate of drug-likeness (QED) is 0.381. The molecule has 2 aromatic rings. The number of benzene rings is 1. The highest BCUT2D eigenvalue weighted by molar-refractivity contribution is 5.96. The fourth-order valence-corrected chi connectivity index (χ4v) is 2.82. The van der Waals surface area contributed by atoms with E-state index in [4.69, 9.17) is 20.7 Å². The molecule has 5 heteroatoms. The van der Waals surface area contributed by atoms with Gasteiger partial charge in [0.1, 0.15) is 5.75 Å². The monoisotopic (exact) mass is 327 g/mol. The van der Waals surface area contributed by atoms with E-state index in [-0.39, 0.29) is 5.84 Å². The molecular weight excluding hydrogens is 302 g/mol. The van der Waals surface area contributed by atoms with Crippen LogP contribution < -0.4 is 10.5 Å². The number of nitrogens with zero attached hydrogens (tertiary/aromatic N) is 2. The number of oxime groups is 1. The third kappa shape index (κ3) is 3.50. The van der Waals surface area contributed by atoms with Gasteiger partial charge in [0.05, 0.1) is 12.8 Å². The first-order valence-electron chi connectivity index (χ1n) is 7.99. The Morgan fingerprint density at radius 2 is 1.88 bits per heavy atom. The van der Waals surface area contributed by atoms with Gasteiger partial charge in [0, 0.05) is 28.8 Å². The summed E-state index contributed by atoms with van der Waals surface area (Å²) in [5.74, 6) is 1.33. The third-order valence-electron chi connectivity index (χ3n) is 4.24. The fourth-order valence-electron chi connectivity index (χ4n) is 2.82. The number of rotatable bonds is 5. The van der Waals surface area contributed by atoms with Crippen LogP contribution in [0.2, 0.25) is 0 Å². The molecule has 0 unspecified atom stereocenters. The van der Waals surface area contributed by atoms with Gasteiger partial charge in [-0.2, -0.15) is 0 Å². The van der Waals surface area contributed by atoms with Crippen molar-refractivity contribution < 1.29 is 9.94 Å². The van der Waals surface area contributed by atoms with Crippen LogP contribution in [0.15, 0.2) is 29.4 Å². The molecule has 3 N–H and O–H groups in total. The maximum atomic E-state index is 8.75. The van der Waals surface area contributed by atoms with Crippen LogP contribution in [0, 0.1) is 13.8 Å². The van der Waals surface area contributed by atoms with E-state index >= 15 is 0 Å². The Kier molecular flexibility index (Phi) is 5.44. The SMILES string of the molecule is COc1c(C)c(C)nc(C(C)C)c1Cc1ccc(C(N)=NO)cc1. The smallest absolute Gasteiger partial charge is 0.170 e. The van der Waals surface area contributed by atoms with Gasteiger partial charge in [-0.05, 0) is 25.3 Å². The Hall–Kier alpha value is -2.56. The summed E-state index contributed by atoms with van der Waals surface area (Å²) in [6.07, 6.45) is 0.723. The largest absolute Gasteiger partial charge is 0.496 e. The number of pyridine rings is 1. The van der Waals surface area contributed by atoms with E-state index in [2.05, 4.69) is 19.0 Å². The molecule has 128 valence electrons. The van der Waals surface area contributed by atoms with Crippen LogP contribution in [0.25, 0.3) is 0 Å². The van der Waals surface area contributed by atoms with E-state index < -0.39 is 0 Å². The number of amidine groups is 1. The van der Waals surface area contributed by atoms with Crippen LogP contribution >= 0.6 is 0 Å². The van der Waals surface area contributed by atoms with E-state index in [1.807, 2.05) is 38.1 Å². The van der Waals surface area contributed by atoms with Crippen molar-refractivity contribution in [2.24, 2.45) is 10.9 Å². The summed E-state index contributed by atoms with van der Waals surface area (Å²) in [5, 5.41) is 11.8. The first-order valence-corrected chi connectivity index (χ1v) is 7.99. The molecule has 0 fully saturated rings. The molecule has 0 aliphatic carbocycles. The lowest BCUT2D eigenvalue weighted by molar-refractivity contribution is 0.318. The standard InChI is InChI=1S/C19H25N3O2/c1-11(2)17-16(18(24-5)12(3)13(4)21-17)10-14-6-8-15(9-7-14)19(20)22-23/h6-9,11,23H,10H2,1-5H3,(H2,20,22). The second-order valence-electron chi connectivity index (χ2n) is 6.23. The molecule has 0 spiro atoms. The number of aromatic nitrogens is 1. The zero-order valence-corrected chi connectivity index (χ0v) is 14.9. The molecule has 0 aliphatic rings. The Balaban J connectivity index is 2.46. The van der Waals surface area contributed by atoms with E-state index in [1.54, 1.807) is 7.11 Å². The van der Waals surface area contributed by atoms with Crippen LogP contribution in [0.1, 0.15) is 53.4 Å². The molecule has 2 rings (SSSR count). The van der Waals surface area contributed by atoms with Crippen LogP contribution in [-0.4, -0.2) is 23.1 Å². The predicted octanol–water partition coefficient (Wildman–Crippen LogP) is 3.52. The minimum absolute atomic E-state index is 0.106. The van der Waals surface area contributed by atoms with Gasteiger partial charge in [-0.3, -0.25) is 4.98 Å². The molecule has 0 bridgehead atoms. The van der Waals surface area contributed by atoms with Gasteiger partial charge in [0.25, 0.3) is 0 Å². The highest BCUT2D eigenvalue weighted by atomic mass is 16.5. The van der Waals surface area contributed by atoms with Crippen LogP contribution in [0.3, 0.4) is 0 Å². The van der Waals surface area contributed by atoms with Gasteiger partial charge >= 0.3 is 0 Å². The molecular formula is C19H25N3O2. The minimum Gasteiger partial charge on any atom is -0.496 e. The molecule has 5 nitrogen and oxygen atoms in total. The molecule has 0 atom stereocenters. The highest BCUT2D eigenvalue weighted by Crippen LogP contribution is 2.33. The van der Waals surface area contributed by atoms with E-state index in [1.165, 1.54) is 0 Å². The van der Waals surface area contributed by atoms with Gasteiger partial charge in [0.2, 0.25) is 0 Å². The predicted molar refractivity (Wildman–Crippen MR) is 96.1 cm³/mol. The van der Waals surface area contributed by atoms with E-state index in [0.717, 1.165) is 40.2 Å². The number of aryl methyl sites for hydroxylation is 1. The van der Waals surface area contributed by atoms with Crippen molar-refractivity contribution in [3.8, 4) is 5.75 Å². The van der Waals surface area contributed by atoms with Gasteiger partial charge in [0.15, 0.2) is 5.84 Å². The molecule has 24 heavy (non-hydrogen) atoms. The minimum atomic E-state index is 0.106. The normalized spacial score (nSPS) is 11.8. The second-order valence-corrected chi connectivity index (χ2v) is 6.23. The van der Waals surface area contributed by atoms with Crippen LogP contribution in [0.5, 0.6) is 5.75 Å². The Labute approximate surface area is 143 Å². The average molecular weight is 327 g/mol. The highest BCUT2D eigenvalue weighted by Gasteiger charge is 2.18. The lowest BCUT2D eigenvalue weighted by Crippen LogP contribution is -2.13. The summed E-state index contributed by atoms with van der Waals surface area (Å²) in [4.78, 5) is 4.78. The topological polar surface area (TPSA) is 80.7 Å². The summed E-state index contributed by atoms with van der Waals surface area (Å²) < 4.78 is 5.69. The molecule has 0 saturated carbocycles. The Morgan fingerprint density at radius 1 is 1.25 bits per heavy atom. The zero-order valence-electron chi connectivity index (χ0n) is 14.9. The number of methoxy groups -OCH3 is 1. The van der Waals surface area contributed by atoms with Crippen molar-refractivity contribution in [1.82, 2.24) is 4.98 Å². The van der Waals surface area contributed by atoms with E-state index in [0.29, 0.717) is 11.5 Å². The van der Waals surface area contributed by atoms with Gasteiger partial charge in [-0.1, -0.05) is 43.3 Å². The number of nitrogens with two attached hydrogens (primary N) is 1. The molecule has 0 saturated heterocycles. The molecule has 1 aromatic carbocycles. The lowest BCUT2D eigenvalue weighted by atomic mass is 9.94. The second kappa shape index (κ2) is 7.34. The van der Waals surface area contributed by atoms with Crippen molar-refractivity contribution in [2.45, 2.75) is 40.0 Å². The number of hydrogen-bond donors (Lipinski definition) is 2. The maximum absolute atomic E-state index is 8.75. The fraction of sp³-hybridized carbons (Fsp3) is 0.368. The summed E-state index contributed by atoms with van der Waals surface area (Å²) in [6, 6.07) is 7.65. The Morgan fingerprint density at radius 3 is 2.38 bits per heavy atom. The van der Waals surface area contributed by atoms with Crippen LogP contribution in [0.4, 0.5) is 0 Å².